The van der Waals surface area contributed by atoms with Crippen LogP contribution >= 0.6 is 0 Å². The van der Waals surface area contributed by atoms with Crippen molar-refractivity contribution in [3.63, 3.8) is 0 Å². The number of nitrogens with one attached hydrogen (secondary N) is 1. The summed E-state index contributed by atoms with van der Waals surface area (Å²) in [4.78, 5) is 10.4. The minimum Gasteiger partial charge on any atom is -0.385 e. The molecular weight excluding hydrogens is 162 g/mol. The molecule has 0 radical (unpaired) electrons. The summed E-state index contributed by atoms with van der Waals surface area (Å²) in [5.41, 5.74) is 5.08. The van der Waals surface area contributed by atoms with Crippen LogP contribution in [-0.4, -0.2) is 32.4 Å². The highest BCUT2D eigenvalue weighted by Gasteiger charge is 2.23. The molecule has 0 fully saturated rings. The number of hydrogen-bond donors (Lipinski definition) is 4. The molecule has 6 heteroatoms. The standard InChI is InChI=1S/C6H9N3O3/c7-6(12)5(11)4(10)3-1-8-9-2-3/h1-2,4-5,10-11H,(H2,7,12)(H,8,9). The van der Waals surface area contributed by atoms with E-state index in [-0.39, 0.29) is 0 Å². The predicted molar refractivity (Wildman–Crippen MR) is 38.7 cm³/mol. The van der Waals surface area contributed by atoms with Crippen molar-refractivity contribution in [2.75, 3.05) is 0 Å². The van der Waals surface area contributed by atoms with E-state index >= 15 is 0 Å². The molecule has 66 valence electrons. The average molecular weight is 171 g/mol. The fourth-order valence-corrected chi connectivity index (χ4v) is 0.761. The summed E-state index contributed by atoms with van der Waals surface area (Å²) in [6, 6.07) is 0. The molecule has 0 saturated heterocycles. The summed E-state index contributed by atoms with van der Waals surface area (Å²) in [5, 5.41) is 24.2. The number of nitrogens with zero attached hydrogens (tertiary/aromatic N) is 1. The number of carbonyl (C=O) groups excluding carboxylic acids is 1. The van der Waals surface area contributed by atoms with E-state index in [4.69, 9.17) is 10.8 Å². The number of nitrogens with two attached hydrogens (primary N) is 1. The van der Waals surface area contributed by atoms with Gasteiger partial charge in [-0.2, -0.15) is 5.10 Å². The third-order valence-electron chi connectivity index (χ3n) is 1.45. The fourth-order valence-electron chi connectivity index (χ4n) is 0.761. The molecule has 0 aliphatic rings. The van der Waals surface area contributed by atoms with E-state index < -0.39 is 18.1 Å². The van der Waals surface area contributed by atoms with Crippen LogP contribution in [0.5, 0.6) is 0 Å². The molecule has 1 heterocycles. The van der Waals surface area contributed by atoms with Crippen molar-refractivity contribution >= 4 is 5.91 Å². The number of carbonyl (C=O) groups is 1. The minimum absolute atomic E-state index is 0.321. The Balaban J connectivity index is 2.71. The number of hydrogen-bond acceptors (Lipinski definition) is 4. The van der Waals surface area contributed by atoms with E-state index in [1.54, 1.807) is 0 Å². The molecule has 1 rings (SSSR count). The molecule has 6 nitrogen and oxygen atoms in total. The first-order chi connectivity index (χ1) is 5.63. The van der Waals surface area contributed by atoms with Gasteiger partial charge in [0.2, 0.25) is 5.91 Å². The topological polar surface area (TPSA) is 112 Å². The van der Waals surface area contributed by atoms with E-state index in [2.05, 4.69) is 10.2 Å². The zero-order valence-electron chi connectivity index (χ0n) is 6.14. The van der Waals surface area contributed by atoms with Gasteiger partial charge in [0.25, 0.3) is 0 Å². The van der Waals surface area contributed by atoms with Crippen LogP contribution in [-0.2, 0) is 4.79 Å². The molecule has 0 aromatic carbocycles. The molecule has 1 aromatic rings. The molecule has 0 bridgehead atoms. The summed E-state index contributed by atoms with van der Waals surface area (Å²) >= 11 is 0. The SMILES string of the molecule is NC(=O)C(O)C(O)c1cn[nH]c1. The first-order valence-corrected chi connectivity index (χ1v) is 3.27. The van der Waals surface area contributed by atoms with Gasteiger partial charge in [-0.25, -0.2) is 0 Å². The summed E-state index contributed by atoms with van der Waals surface area (Å²) in [6.45, 7) is 0. The molecule has 0 aliphatic heterocycles. The van der Waals surface area contributed by atoms with E-state index in [1.165, 1.54) is 12.4 Å². The second-order valence-corrected chi connectivity index (χ2v) is 2.32. The van der Waals surface area contributed by atoms with E-state index in [9.17, 15) is 9.90 Å². The summed E-state index contributed by atoms with van der Waals surface area (Å²) < 4.78 is 0. The van der Waals surface area contributed by atoms with Gasteiger partial charge < -0.3 is 15.9 Å². The first-order valence-electron chi connectivity index (χ1n) is 3.27. The van der Waals surface area contributed by atoms with Crippen molar-refractivity contribution in [1.82, 2.24) is 10.2 Å². The van der Waals surface area contributed by atoms with Crippen molar-refractivity contribution < 1.29 is 15.0 Å². The maximum Gasteiger partial charge on any atom is 0.249 e. The fraction of sp³-hybridized carbons (Fsp3) is 0.333. The molecule has 0 saturated carbocycles. The number of primary amides is 1. The smallest absolute Gasteiger partial charge is 0.249 e. The van der Waals surface area contributed by atoms with Crippen molar-refractivity contribution in [3.05, 3.63) is 18.0 Å². The maximum atomic E-state index is 10.4. The van der Waals surface area contributed by atoms with Crippen molar-refractivity contribution in [2.45, 2.75) is 12.2 Å². The Morgan fingerprint density at radius 1 is 1.67 bits per heavy atom. The number of aliphatic hydroxyl groups excluding tert-OH is 2. The van der Waals surface area contributed by atoms with Crippen LogP contribution in [0.3, 0.4) is 0 Å². The molecule has 2 atom stereocenters. The third-order valence-corrected chi connectivity index (χ3v) is 1.45. The lowest BCUT2D eigenvalue weighted by Gasteiger charge is -2.11. The Labute approximate surface area is 68.0 Å². The van der Waals surface area contributed by atoms with E-state index in [1.807, 2.05) is 0 Å². The second-order valence-electron chi connectivity index (χ2n) is 2.32. The molecule has 1 amide bonds. The summed E-state index contributed by atoms with van der Waals surface area (Å²) in [7, 11) is 0. The highest BCUT2D eigenvalue weighted by Crippen LogP contribution is 2.14. The van der Waals surface area contributed by atoms with E-state index in [0.29, 0.717) is 5.56 Å². The predicted octanol–water partition coefficient (Wildman–Crippen LogP) is -1.71. The van der Waals surface area contributed by atoms with Gasteiger partial charge >= 0.3 is 0 Å². The lowest BCUT2D eigenvalue weighted by atomic mass is 10.1. The molecule has 12 heavy (non-hydrogen) atoms. The van der Waals surface area contributed by atoms with Gasteiger partial charge in [-0.3, -0.25) is 9.89 Å². The van der Waals surface area contributed by atoms with Gasteiger partial charge in [-0.05, 0) is 0 Å². The molecule has 0 spiro atoms. The number of aliphatic hydroxyl groups is 2. The van der Waals surface area contributed by atoms with Gasteiger partial charge in [0.05, 0.1) is 6.20 Å². The quantitative estimate of drug-likeness (QED) is 0.433. The number of amides is 1. The van der Waals surface area contributed by atoms with Crippen LogP contribution in [0.4, 0.5) is 0 Å². The number of aromatic nitrogens is 2. The Kier molecular flexibility index (Phi) is 2.41. The van der Waals surface area contributed by atoms with Crippen LogP contribution in [0.25, 0.3) is 0 Å². The average Bonchev–Trinajstić information content (AvgIpc) is 2.53. The Bertz CT molecular complexity index is 259. The largest absolute Gasteiger partial charge is 0.385 e. The van der Waals surface area contributed by atoms with Crippen LogP contribution in [0.15, 0.2) is 12.4 Å². The van der Waals surface area contributed by atoms with Crippen LogP contribution < -0.4 is 5.73 Å². The van der Waals surface area contributed by atoms with Crippen LogP contribution in [0.1, 0.15) is 11.7 Å². The van der Waals surface area contributed by atoms with Gasteiger partial charge in [0.1, 0.15) is 6.10 Å². The van der Waals surface area contributed by atoms with Gasteiger partial charge in [0, 0.05) is 11.8 Å². The molecular formula is C6H9N3O3. The highest BCUT2D eigenvalue weighted by atomic mass is 16.3. The lowest BCUT2D eigenvalue weighted by molar-refractivity contribution is -0.131. The van der Waals surface area contributed by atoms with E-state index in [0.717, 1.165) is 0 Å². The number of rotatable bonds is 3. The monoisotopic (exact) mass is 171 g/mol. The van der Waals surface area contributed by atoms with Crippen molar-refractivity contribution in [1.29, 1.82) is 0 Å². The first kappa shape index (κ1) is 8.69. The van der Waals surface area contributed by atoms with Gasteiger partial charge in [-0.1, -0.05) is 0 Å². The van der Waals surface area contributed by atoms with Gasteiger partial charge in [0.15, 0.2) is 6.10 Å². The normalized spacial score (nSPS) is 15.5. The molecule has 2 unspecified atom stereocenters. The molecule has 1 aromatic heterocycles. The third kappa shape index (κ3) is 1.60. The summed E-state index contributed by atoms with van der Waals surface area (Å²) in [5.74, 6) is -0.969. The van der Waals surface area contributed by atoms with Crippen LogP contribution in [0, 0.1) is 0 Å². The van der Waals surface area contributed by atoms with Gasteiger partial charge in [-0.15, -0.1) is 0 Å². The molecule has 0 aliphatic carbocycles. The molecule has 5 N–H and O–H groups in total. The second kappa shape index (κ2) is 3.33. The van der Waals surface area contributed by atoms with Crippen molar-refractivity contribution in [2.24, 2.45) is 5.73 Å². The Hall–Kier alpha value is -1.40. The lowest BCUT2D eigenvalue weighted by Crippen LogP contribution is -2.33. The zero-order valence-corrected chi connectivity index (χ0v) is 6.14. The Morgan fingerprint density at radius 2 is 2.33 bits per heavy atom. The Morgan fingerprint density at radius 3 is 2.75 bits per heavy atom. The zero-order chi connectivity index (χ0) is 9.14. The maximum absolute atomic E-state index is 10.4. The van der Waals surface area contributed by atoms with Crippen molar-refractivity contribution in [3.8, 4) is 0 Å². The number of aromatic amines is 1. The minimum atomic E-state index is -1.59. The highest BCUT2D eigenvalue weighted by molar-refractivity contribution is 5.79. The summed E-state index contributed by atoms with van der Waals surface area (Å²) in [6.07, 6.45) is -0.239. The number of H-pyrrole nitrogens is 1. The van der Waals surface area contributed by atoms with Crippen LogP contribution in [0.2, 0.25) is 0 Å².